The number of nitrogens with zero attached hydrogens (tertiary/aromatic N) is 2. The smallest absolute Gasteiger partial charge is 0.272 e. The summed E-state index contributed by atoms with van der Waals surface area (Å²) in [6, 6.07) is 1.32. The van der Waals surface area contributed by atoms with E-state index in [-0.39, 0.29) is 41.2 Å². The highest BCUT2D eigenvalue weighted by Gasteiger charge is 2.41. The molecule has 1 aliphatic rings. The van der Waals surface area contributed by atoms with Crippen LogP contribution in [0.4, 0.5) is 10.1 Å². The average Bonchev–Trinajstić information content (AvgIpc) is 2.90. The Morgan fingerprint density at radius 2 is 2.07 bits per heavy atom. The first-order valence-corrected chi connectivity index (χ1v) is 9.81. The van der Waals surface area contributed by atoms with Crippen LogP contribution in [-0.2, 0) is 16.6 Å². The average molecular weight is 476 g/mol. The Labute approximate surface area is 181 Å². The summed E-state index contributed by atoms with van der Waals surface area (Å²) in [5.41, 5.74) is 0.262. The number of hydrogen-bond acceptors (Lipinski definition) is 5. The lowest BCUT2D eigenvalue weighted by Gasteiger charge is -2.35. The van der Waals surface area contributed by atoms with Crippen molar-refractivity contribution < 1.29 is 23.5 Å². The van der Waals surface area contributed by atoms with Crippen molar-refractivity contribution in [1.29, 1.82) is 0 Å². The second-order valence-electron chi connectivity index (χ2n) is 7.26. The number of pyridine rings is 1. The minimum atomic E-state index is -0.754. The molecule has 0 atom stereocenters. The maximum Gasteiger partial charge on any atom is 0.272 e. The van der Waals surface area contributed by atoms with Gasteiger partial charge in [0.15, 0.2) is 5.82 Å². The van der Waals surface area contributed by atoms with Gasteiger partial charge in [0.2, 0.25) is 11.6 Å². The van der Waals surface area contributed by atoms with E-state index in [1.54, 1.807) is 20.9 Å². The summed E-state index contributed by atoms with van der Waals surface area (Å²) in [7, 11) is 1.60. The SMILES string of the molecule is C#CC1(CC(=O)C(=O)c2c(C)c(C(=O)Nc3ccnc(Br)c3F)n(C)c2C)COC1. The number of carbonyl (C=O) groups is 3. The van der Waals surface area contributed by atoms with Gasteiger partial charge in [-0.05, 0) is 41.4 Å². The maximum absolute atomic E-state index is 14.2. The van der Waals surface area contributed by atoms with Crippen LogP contribution in [0.1, 0.15) is 38.5 Å². The Hall–Kier alpha value is -2.83. The Morgan fingerprint density at radius 3 is 2.63 bits per heavy atom. The van der Waals surface area contributed by atoms with Crippen molar-refractivity contribution in [3.8, 4) is 12.3 Å². The number of terminal acetylenes is 1. The number of anilines is 1. The number of ether oxygens (including phenoxy) is 1. The number of nitrogens with one attached hydrogen (secondary N) is 1. The molecule has 0 saturated carbocycles. The molecule has 0 bridgehead atoms. The summed E-state index contributed by atoms with van der Waals surface area (Å²) in [6.45, 7) is 3.67. The fourth-order valence-corrected chi connectivity index (χ4v) is 3.77. The molecule has 2 aromatic heterocycles. The maximum atomic E-state index is 14.2. The van der Waals surface area contributed by atoms with E-state index in [0.29, 0.717) is 11.3 Å². The fraction of sp³-hybridized carbons (Fsp3) is 0.333. The van der Waals surface area contributed by atoms with Gasteiger partial charge in [-0.2, -0.15) is 0 Å². The highest BCUT2D eigenvalue weighted by molar-refractivity contribution is 9.10. The number of carbonyl (C=O) groups excluding carboxylic acids is 3. The lowest BCUT2D eigenvalue weighted by atomic mass is 9.80. The molecule has 30 heavy (non-hydrogen) atoms. The summed E-state index contributed by atoms with van der Waals surface area (Å²) in [4.78, 5) is 42.1. The van der Waals surface area contributed by atoms with Crippen molar-refractivity contribution in [2.75, 3.05) is 18.5 Å². The standard InChI is InChI=1S/C21H19BrFN3O4/c1-5-21(9-30-10-21)8-14(27)18(28)15-11(2)17(26(4)12(15)3)20(29)25-13-6-7-24-19(22)16(13)23/h1,6-7H,8-10H2,2-4H3,(H,24,25,29). The highest BCUT2D eigenvalue weighted by atomic mass is 79.9. The third-order valence-corrected chi connectivity index (χ3v) is 5.84. The molecular formula is C21H19BrFN3O4. The van der Waals surface area contributed by atoms with E-state index in [1.165, 1.54) is 16.8 Å². The fourth-order valence-electron chi connectivity index (χ4n) is 3.44. The molecule has 2 aromatic rings. The predicted molar refractivity (Wildman–Crippen MR) is 111 cm³/mol. The van der Waals surface area contributed by atoms with Gasteiger partial charge < -0.3 is 14.6 Å². The number of ketones is 2. The van der Waals surface area contributed by atoms with Crippen LogP contribution >= 0.6 is 15.9 Å². The number of aromatic nitrogens is 2. The van der Waals surface area contributed by atoms with Gasteiger partial charge in [-0.3, -0.25) is 14.4 Å². The largest absolute Gasteiger partial charge is 0.378 e. The Balaban J connectivity index is 1.90. The van der Waals surface area contributed by atoms with E-state index < -0.39 is 28.7 Å². The second-order valence-corrected chi connectivity index (χ2v) is 8.01. The molecule has 9 heteroatoms. The number of halogens is 2. The Morgan fingerprint density at radius 1 is 1.40 bits per heavy atom. The van der Waals surface area contributed by atoms with E-state index in [4.69, 9.17) is 11.2 Å². The van der Waals surface area contributed by atoms with Crippen LogP contribution in [0.25, 0.3) is 0 Å². The molecule has 3 rings (SSSR count). The number of rotatable bonds is 6. The molecular weight excluding hydrogens is 457 g/mol. The van der Waals surface area contributed by atoms with E-state index >= 15 is 0 Å². The zero-order chi connectivity index (χ0) is 22.2. The summed E-state index contributed by atoms with van der Waals surface area (Å²) < 4.78 is 20.7. The van der Waals surface area contributed by atoms with E-state index in [1.807, 2.05) is 0 Å². The number of hydrogen-bond donors (Lipinski definition) is 1. The monoisotopic (exact) mass is 475 g/mol. The van der Waals surface area contributed by atoms with Gasteiger partial charge in [0, 0.05) is 25.4 Å². The summed E-state index contributed by atoms with van der Waals surface area (Å²) in [6.07, 6.45) is 6.71. The van der Waals surface area contributed by atoms with Gasteiger partial charge in [0.05, 0.1) is 29.9 Å². The molecule has 156 valence electrons. The Bertz CT molecular complexity index is 1110. The zero-order valence-electron chi connectivity index (χ0n) is 16.6. The van der Waals surface area contributed by atoms with Crippen molar-refractivity contribution in [3.63, 3.8) is 0 Å². The molecule has 0 aliphatic carbocycles. The molecule has 1 aliphatic heterocycles. The van der Waals surface area contributed by atoms with Crippen LogP contribution in [0.3, 0.4) is 0 Å². The number of amides is 1. The summed E-state index contributed by atoms with van der Waals surface area (Å²) >= 11 is 2.96. The van der Waals surface area contributed by atoms with Gasteiger partial charge in [0.25, 0.3) is 5.91 Å². The summed E-state index contributed by atoms with van der Waals surface area (Å²) in [5, 5.41) is 2.48. The Kier molecular flexibility index (Phi) is 5.92. The van der Waals surface area contributed by atoms with Gasteiger partial charge in [-0.15, -0.1) is 6.42 Å². The first-order valence-electron chi connectivity index (χ1n) is 9.02. The van der Waals surface area contributed by atoms with Crippen molar-refractivity contribution in [1.82, 2.24) is 9.55 Å². The quantitative estimate of drug-likeness (QED) is 0.300. The second kappa shape index (κ2) is 8.13. The topological polar surface area (TPSA) is 90.3 Å². The van der Waals surface area contributed by atoms with Gasteiger partial charge in [-0.25, -0.2) is 9.37 Å². The molecule has 1 saturated heterocycles. The first kappa shape index (κ1) is 21.9. The van der Waals surface area contributed by atoms with Crippen LogP contribution in [0, 0.1) is 37.4 Å². The molecule has 3 heterocycles. The molecule has 0 radical (unpaired) electrons. The van der Waals surface area contributed by atoms with Crippen LogP contribution in [0.2, 0.25) is 0 Å². The minimum absolute atomic E-state index is 0.0380. The van der Waals surface area contributed by atoms with Crippen molar-refractivity contribution >= 4 is 39.1 Å². The van der Waals surface area contributed by atoms with Gasteiger partial charge in [-0.1, -0.05) is 5.92 Å². The van der Waals surface area contributed by atoms with E-state index in [0.717, 1.165) is 0 Å². The number of Topliss-reactive ketones (excluding diaryl/α,β-unsaturated/α-hetero) is 2. The van der Waals surface area contributed by atoms with Gasteiger partial charge >= 0.3 is 0 Å². The van der Waals surface area contributed by atoms with Crippen molar-refractivity contribution in [3.05, 3.63) is 45.2 Å². The van der Waals surface area contributed by atoms with E-state index in [9.17, 15) is 18.8 Å². The third kappa shape index (κ3) is 3.68. The van der Waals surface area contributed by atoms with Crippen molar-refractivity contribution in [2.24, 2.45) is 12.5 Å². The normalized spacial score (nSPS) is 14.5. The molecule has 1 fully saturated rings. The molecule has 1 N–H and O–H groups in total. The minimum Gasteiger partial charge on any atom is -0.378 e. The zero-order valence-corrected chi connectivity index (χ0v) is 18.2. The van der Waals surface area contributed by atoms with Crippen LogP contribution < -0.4 is 5.32 Å². The molecule has 0 unspecified atom stereocenters. The predicted octanol–water partition coefficient (Wildman–Crippen LogP) is 2.98. The lowest BCUT2D eigenvalue weighted by Crippen LogP contribution is -2.44. The molecule has 0 aromatic carbocycles. The van der Waals surface area contributed by atoms with Crippen LogP contribution in [0.5, 0.6) is 0 Å². The van der Waals surface area contributed by atoms with Crippen LogP contribution in [0.15, 0.2) is 16.9 Å². The molecule has 1 amide bonds. The highest BCUT2D eigenvalue weighted by Crippen LogP contribution is 2.32. The molecule has 0 spiro atoms. The van der Waals surface area contributed by atoms with Crippen molar-refractivity contribution in [2.45, 2.75) is 20.3 Å². The third-order valence-electron chi connectivity index (χ3n) is 5.28. The van der Waals surface area contributed by atoms with E-state index in [2.05, 4.69) is 32.2 Å². The van der Waals surface area contributed by atoms with Crippen LogP contribution in [-0.4, -0.2) is 40.2 Å². The van der Waals surface area contributed by atoms with Gasteiger partial charge in [0.1, 0.15) is 10.3 Å². The summed E-state index contributed by atoms with van der Waals surface area (Å²) in [5.74, 6) is -0.139. The first-order chi connectivity index (χ1) is 14.1. The lowest BCUT2D eigenvalue weighted by molar-refractivity contribution is -0.126. The molecule has 7 nitrogen and oxygen atoms in total.